The Kier molecular flexibility index (Phi) is 5.61. The summed E-state index contributed by atoms with van der Waals surface area (Å²) < 4.78 is 11.1. The van der Waals surface area contributed by atoms with Gasteiger partial charge in [0.05, 0.1) is 24.9 Å². The van der Waals surface area contributed by atoms with Crippen LogP contribution in [-0.4, -0.2) is 60.2 Å². The second-order valence-corrected chi connectivity index (χ2v) is 5.60. The van der Waals surface area contributed by atoms with Gasteiger partial charge < -0.3 is 14.6 Å². The van der Waals surface area contributed by atoms with Crippen molar-refractivity contribution < 1.29 is 14.6 Å². The van der Waals surface area contributed by atoms with E-state index in [1.165, 1.54) is 0 Å². The zero-order chi connectivity index (χ0) is 13.8. The lowest BCUT2D eigenvalue weighted by Gasteiger charge is -2.36. The first-order valence-electron chi connectivity index (χ1n) is 6.50. The second kappa shape index (κ2) is 6.53. The number of ether oxygens (including phenoxy) is 2. The van der Waals surface area contributed by atoms with Gasteiger partial charge in [0, 0.05) is 19.6 Å². The highest BCUT2D eigenvalue weighted by Crippen LogP contribution is 2.12. The van der Waals surface area contributed by atoms with Crippen LogP contribution in [-0.2, 0) is 9.47 Å². The molecule has 1 fully saturated rings. The normalized spacial score (nSPS) is 27.8. The van der Waals surface area contributed by atoms with Crippen molar-refractivity contribution in [3.63, 3.8) is 0 Å². The zero-order valence-electron chi connectivity index (χ0n) is 11.8. The number of morpholine rings is 1. The first-order chi connectivity index (χ1) is 8.32. The molecule has 1 aliphatic rings. The van der Waals surface area contributed by atoms with E-state index >= 15 is 0 Å². The summed E-state index contributed by atoms with van der Waals surface area (Å²) in [7, 11) is 0. The summed E-state index contributed by atoms with van der Waals surface area (Å²) >= 11 is 0. The number of hydrogen-bond donors (Lipinski definition) is 1. The van der Waals surface area contributed by atoms with Crippen LogP contribution >= 0.6 is 0 Å². The first-order valence-corrected chi connectivity index (χ1v) is 6.50. The molecule has 0 spiro atoms. The van der Waals surface area contributed by atoms with Crippen LogP contribution in [0.5, 0.6) is 0 Å². The van der Waals surface area contributed by atoms with Crippen LogP contribution < -0.4 is 0 Å². The van der Waals surface area contributed by atoms with Crippen molar-refractivity contribution in [3.05, 3.63) is 0 Å². The van der Waals surface area contributed by atoms with E-state index in [0.717, 1.165) is 13.1 Å². The van der Waals surface area contributed by atoms with Gasteiger partial charge in [0.15, 0.2) is 0 Å². The van der Waals surface area contributed by atoms with Gasteiger partial charge in [-0.1, -0.05) is 5.92 Å². The van der Waals surface area contributed by atoms with Crippen LogP contribution in [0.1, 0.15) is 27.7 Å². The van der Waals surface area contributed by atoms with E-state index < -0.39 is 11.7 Å². The maximum absolute atomic E-state index is 9.96. The summed E-state index contributed by atoms with van der Waals surface area (Å²) in [5.41, 5.74) is -0.618. The summed E-state index contributed by atoms with van der Waals surface area (Å²) in [6, 6.07) is 0. The van der Waals surface area contributed by atoms with E-state index in [9.17, 15) is 5.11 Å². The first kappa shape index (κ1) is 15.5. The van der Waals surface area contributed by atoms with E-state index in [1.54, 1.807) is 0 Å². The van der Waals surface area contributed by atoms with E-state index in [1.807, 2.05) is 27.7 Å². The van der Waals surface area contributed by atoms with E-state index in [-0.39, 0.29) is 18.8 Å². The third-order valence-corrected chi connectivity index (χ3v) is 2.95. The SMILES string of the molecule is C#CC(C)(C)OCC(O)CN1CC(C)OC(C)C1. The highest BCUT2D eigenvalue weighted by Gasteiger charge is 2.24. The van der Waals surface area contributed by atoms with Crippen LogP contribution in [0.15, 0.2) is 0 Å². The molecule has 3 atom stereocenters. The predicted molar refractivity (Wildman–Crippen MR) is 71.3 cm³/mol. The van der Waals surface area contributed by atoms with Crippen LogP contribution in [0.3, 0.4) is 0 Å². The molecular weight excluding hydrogens is 230 g/mol. The van der Waals surface area contributed by atoms with Gasteiger partial charge in [-0.25, -0.2) is 0 Å². The summed E-state index contributed by atoms with van der Waals surface area (Å²) in [6.45, 7) is 10.3. The van der Waals surface area contributed by atoms with E-state index in [4.69, 9.17) is 15.9 Å². The molecule has 0 aromatic heterocycles. The minimum Gasteiger partial charge on any atom is -0.389 e. The summed E-state index contributed by atoms with van der Waals surface area (Å²) in [6.07, 6.45) is 5.24. The molecule has 3 unspecified atom stereocenters. The molecule has 1 aliphatic heterocycles. The highest BCUT2D eigenvalue weighted by molar-refractivity contribution is 5.02. The number of aliphatic hydroxyl groups is 1. The molecule has 0 bridgehead atoms. The largest absolute Gasteiger partial charge is 0.389 e. The van der Waals surface area contributed by atoms with Gasteiger partial charge in [0.2, 0.25) is 0 Å². The molecule has 1 N–H and O–H groups in total. The fraction of sp³-hybridized carbons (Fsp3) is 0.857. The van der Waals surface area contributed by atoms with Crippen molar-refractivity contribution in [2.45, 2.75) is 51.6 Å². The number of rotatable bonds is 5. The molecule has 0 aliphatic carbocycles. The van der Waals surface area contributed by atoms with Crippen molar-refractivity contribution >= 4 is 0 Å². The zero-order valence-corrected chi connectivity index (χ0v) is 11.8. The third-order valence-electron chi connectivity index (χ3n) is 2.95. The average Bonchev–Trinajstić information content (AvgIpc) is 2.25. The lowest BCUT2D eigenvalue weighted by molar-refractivity contribution is -0.0885. The maximum Gasteiger partial charge on any atom is 0.122 e. The van der Waals surface area contributed by atoms with E-state index in [2.05, 4.69) is 10.8 Å². The Morgan fingerprint density at radius 2 is 2.00 bits per heavy atom. The number of β-amino-alcohol motifs (C(OH)–C–C–N with tert-alkyl or cyclic N) is 1. The minimum absolute atomic E-state index is 0.212. The second-order valence-electron chi connectivity index (χ2n) is 5.60. The molecule has 1 saturated heterocycles. The molecule has 1 rings (SSSR count). The Labute approximate surface area is 110 Å². The molecule has 4 nitrogen and oxygen atoms in total. The van der Waals surface area contributed by atoms with Gasteiger partial charge in [-0.2, -0.15) is 0 Å². The van der Waals surface area contributed by atoms with Gasteiger partial charge in [0.1, 0.15) is 5.60 Å². The molecule has 0 aromatic rings. The van der Waals surface area contributed by atoms with Gasteiger partial charge >= 0.3 is 0 Å². The lowest BCUT2D eigenvalue weighted by Crippen LogP contribution is -2.48. The van der Waals surface area contributed by atoms with Gasteiger partial charge in [0.25, 0.3) is 0 Å². The topological polar surface area (TPSA) is 41.9 Å². The Morgan fingerprint density at radius 3 is 2.50 bits per heavy atom. The Balaban J connectivity index is 2.32. The monoisotopic (exact) mass is 255 g/mol. The fourth-order valence-corrected chi connectivity index (χ4v) is 2.13. The highest BCUT2D eigenvalue weighted by atomic mass is 16.5. The van der Waals surface area contributed by atoms with Gasteiger partial charge in [-0.15, -0.1) is 6.42 Å². The van der Waals surface area contributed by atoms with Gasteiger partial charge in [-0.05, 0) is 27.7 Å². The molecule has 0 radical (unpaired) electrons. The smallest absolute Gasteiger partial charge is 0.122 e. The number of terminal acetylenes is 1. The molecule has 0 aromatic carbocycles. The van der Waals surface area contributed by atoms with E-state index in [0.29, 0.717) is 6.54 Å². The maximum atomic E-state index is 9.96. The standard InChI is InChI=1S/C14H25NO3/c1-6-14(4,5)17-10-13(16)9-15-7-11(2)18-12(3)8-15/h1,11-13,16H,7-10H2,2-5H3. The van der Waals surface area contributed by atoms with Crippen LogP contribution in [0.25, 0.3) is 0 Å². The van der Waals surface area contributed by atoms with Gasteiger partial charge in [-0.3, -0.25) is 4.90 Å². The Bertz CT molecular complexity index is 288. The summed E-state index contributed by atoms with van der Waals surface area (Å²) in [4.78, 5) is 2.20. The molecule has 18 heavy (non-hydrogen) atoms. The van der Waals surface area contributed by atoms with Crippen molar-refractivity contribution in [2.24, 2.45) is 0 Å². The Morgan fingerprint density at radius 1 is 1.44 bits per heavy atom. The number of hydrogen-bond acceptors (Lipinski definition) is 4. The average molecular weight is 255 g/mol. The van der Waals surface area contributed by atoms with Crippen molar-refractivity contribution in [1.82, 2.24) is 4.90 Å². The molecule has 104 valence electrons. The van der Waals surface area contributed by atoms with Crippen molar-refractivity contribution in [1.29, 1.82) is 0 Å². The number of nitrogens with zero attached hydrogens (tertiary/aromatic N) is 1. The van der Waals surface area contributed by atoms with Crippen LogP contribution in [0.2, 0.25) is 0 Å². The molecule has 1 heterocycles. The lowest BCUT2D eigenvalue weighted by atomic mass is 10.1. The number of aliphatic hydroxyl groups excluding tert-OH is 1. The third kappa shape index (κ3) is 5.36. The predicted octanol–water partition coefficient (Wildman–Crippen LogP) is 0.885. The van der Waals surface area contributed by atoms with Crippen LogP contribution in [0.4, 0.5) is 0 Å². The molecule has 0 saturated carbocycles. The summed E-state index contributed by atoms with van der Waals surface area (Å²) in [5.74, 6) is 2.55. The fourth-order valence-electron chi connectivity index (χ4n) is 2.13. The summed E-state index contributed by atoms with van der Waals surface area (Å²) in [5, 5.41) is 9.96. The van der Waals surface area contributed by atoms with Crippen LogP contribution in [0, 0.1) is 12.3 Å². The molecule has 4 heteroatoms. The quantitative estimate of drug-likeness (QED) is 0.741. The van der Waals surface area contributed by atoms with Crippen molar-refractivity contribution in [2.75, 3.05) is 26.2 Å². The minimum atomic E-state index is -0.618. The van der Waals surface area contributed by atoms with Crippen molar-refractivity contribution in [3.8, 4) is 12.3 Å². The Hall–Kier alpha value is -0.600. The molecule has 0 amide bonds. The molecular formula is C14H25NO3.